The molecule has 0 aromatic heterocycles. The number of hydroxylamine groups is 1. The zero-order valence-corrected chi connectivity index (χ0v) is 14.2. The monoisotopic (exact) mass is 409 g/mol. The topological polar surface area (TPSA) is 90.9 Å². The Balaban J connectivity index is 3.93. The van der Waals surface area contributed by atoms with E-state index in [-0.39, 0.29) is 10.5 Å². The highest BCUT2D eigenvalue weighted by molar-refractivity contribution is 14.1. The van der Waals surface area contributed by atoms with Crippen LogP contribution < -0.4 is 10.8 Å². The number of nitrogens with one attached hydrogen (secondary N) is 2. The second-order valence-electron chi connectivity index (χ2n) is 4.02. The number of rotatable bonds is 8. The van der Waals surface area contributed by atoms with E-state index in [1.807, 2.05) is 5.48 Å². The molecule has 0 aromatic carbocycles. The normalized spacial score (nSPS) is 11.1. The minimum atomic E-state index is -0.578. The summed E-state index contributed by atoms with van der Waals surface area (Å²) in [6.07, 6.45) is 4.31. The zero-order valence-electron chi connectivity index (χ0n) is 12.1. The van der Waals surface area contributed by atoms with Crippen molar-refractivity contribution in [3.05, 3.63) is 36.1 Å². The van der Waals surface area contributed by atoms with Crippen LogP contribution in [0.15, 0.2) is 36.1 Å². The van der Waals surface area contributed by atoms with Gasteiger partial charge in [-0.15, -0.1) is 0 Å². The summed E-state index contributed by atoms with van der Waals surface area (Å²) in [6.45, 7) is 6.22. The number of halogens is 1. The van der Waals surface area contributed by atoms with Crippen molar-refractivity contribution in [2.75, 3.05) is 26.7 Å². The number of likely N-dealkylation sites (N-methyl/N-ethyl adjacent to an activating group) is 1. The van der Waals surface area contributed by atoms with Gasteiger partial charge in [0.15, 0.2) is 0 Å². The summed E-state index contributed by atoms with van der Waals surface area (Å²) < 4.78 is 4.84. The Morgan fingerprint density at radius 2 is 2.10 bits per heavy atom. The highest BCUT2D eigenvalue weighted by Gasteiger charge is 2.05. The fourth-order valence-electron chi connectivity index (χ4n) is 1.08. The lowest BCUT2D eigenvalue weighted by Crippen LogP contribution is -2.34. The summed E-state index contributed by atoms with van der Waals surface area (Å²) in [5.41, 5.74) is 3.08. The molecule has 0 fully saturated rings. The van der Waals surface area contributed by atoms with Crippen molar-refractivity contribution in [1.29, 1.82) is 0 Å². The third kappa shape index (κ3) is 9.91. The maximum Gasteiger partial charge on any atom is 0.407 e. The van der Waals surface area contributed by atoms with Crippen LogP contribution >= 0.6 is 22.6 Å². The number of amides is 2. The fraction of sp³-hybridized carbons (Fsp3) is 0.385. The molecule has 0 bridgehead atoms. The number of ether oxygens (including phenoxy) is 1. The van der Waals surface area contributed by atoms with Gasteiger partial charge in [0, 0.05) is 42.7 Å². The van der Waals surface area contributed by atoms with Crippen LogP contribution in [0.1, 0.15) is 6.92 Å². The lowest BCUT2D eigenvalue weighted by molar-refractivity contribution is 0.155. The minimum Gasteiger partial charge on any atom is -0.445 e. The molecule has 0 aliphatic carbocycles. The highest BCUT2D eigenvalue weighted by Crippen LogP contribution is 1.99. The molecule has 0 radical (unpaired) electrons. The molecule has 21 heavy (non-hydrogen) atoms. The summed E-state index contributed by atoms with van der Waals surface area (Å²) in [4.78, 5) is 23.8. The van der Waals surface area contributed by atoms with Gasteiger partial charge in [-0.05, 0) is 18.6 Å². The lowest BCUT2D eigenvalue weighted by atomic mass is 10.2. The number of nitrogens with zero attached hydrogens (tertiary/aromatic N) is 1. The Morgan fingerprint density at radius 1 is 1.43 bits per heavy atom. The highest BCUT2D eigenvalue weighted by atomic mass is 127. The molecule has 8 heteroatoms. The standard InChI is InChI=1S/C13H20IN3O4/c1-4-11(16-20)6-5-10(2)9-21-13(19)15-7-8-17(3)12(14)18/h4-6,16,20H,2,7-9H2,1,3H3,(H,15,19)/b6-5-,11-4+. The molecule has 0 unspecified atom stereocenters. The van der Waals surface area contributed by atoms with Gasteiger partial charge in [-0.2, -0.15) is 0 Å². The van der Waals surface area contributed by atoms with Gasteiger partial charge in [0.1, 0.15) is 6.61 Å². The van der Waals surface area contributed by atoms with Crippen LogP contribution in [0.4, 0.5) is 9.59 Å². The van der Waals surface area contributed by atoms with Crippen LogP contribution in [0.5, 0.6) is 0 Å². The van der Waals surface area contributed by atoms with E-state index >= 15 is 0 Å². The average Bonchev–Trinajstić information content (AvgIpc) is 2.45. The molecular weight excluding hydrogens is 389 g/mol. The summed E-state index contributed by atoms with van der Waals surface area (Å²) in [5, 5.41) is 11.2. The predicted molar refractivity (Wildman–Crippen MR) is 88.4 cm³/mol. The molecule has 7 nitrogen and oxygen atoms in total. The van der Waals surface area contributed by atoms with E-state index in [9.17, 15) is 9.59 Å². The van der Waals surface area contributed by atoms with Gasteiger partial charge < -0.3 is 15.0 Å². The van der Waals surface area contributed by atoms with Gasteiger partial charge >= 0.3 is 6.09 Å². The molecule has 0 saturated heterocycles. The number of hydrogen-bond acceptors (Lipinski definition) is 5. The number of hydrogen-bond donors (Lipinski definition) is 3. The van der Waals surface area contributed by atoms with Gasteiger partial charge in [-0.25, -0.2) is 4.79 Å². The van der Waals surface area contributed by atoms with Crippen molar-refractivity contribution in [1.82, 2.24) is 15.7 Å². The van der Waals surface area contributed by atoms with Gasteiger partial charge in [0.2, 0.25) is 0 Å². The molecule has 3 N–H and O–H groups in total. The third-order valence-corrected chi connectivity index (χ3v) is 3.17. The number of allylic oxidation sites excluding steroid dienone is 2. The Labute approximate surface area is 137 Å². The predicted octanol–water partition coefficient (Wildman–Crippen LogP) is 2.19. The Bertz CT molecular complexity index is 435. The van der Waals surface area contributed by atoms with E-state index in [2.05, 4.69) is 11.9 Å². The average molecular weight is 409 g/mol. The van der Waals surface area contributed by atoms with Crippen molar-refractivity contribution < 1.29 is 19.5 Å². The first-order valence-electron chi connectivity index (χ1n) is 6.14. The van der Waals surface area contributed by atoms with Gasteiger partial charge in [0.05, 0.1) is 5.70 Å². The largest absolute Gasteiger partial charge is 0.445 e. The molecule has 0 aliphatic rings. The third-order valence-electron chi connectivity index (χ3n) is 2.34. The van der Waals surface area contributed by atoms with Crippen LogP contribution in [0.2, 0.25) is 0 Å². The minimum absolute atomic E-state index is 0.0335. The smallest absolute Gasteiger partial charge is 0.407 e. The summed E-state index contributed by atoms with van der Waals surface area (Å²) in [5.74, 6) is 0. The number of carbonyl (C=O) groups excluding carboxylic acids is 2. The number of alkyl carbamates (subject to hydrolysis) is 1. The Hall–Kier alpha value is -1.55. The first kappa shape index (κ1) is 19.4. The van der Waals surface area contributed by atoms with Crippen LogP contribution in [0, 0.1) is 0 Å². The lowest BCUT2D eigenvalue weighted by Gasteiger charge is -2.13. The second kappa shape index (κ2) is 11.1. The molecule has 0 atom stereocenters. The van der Waals surface area contributed by atoms with Crippen LogP contribution in [-0.2, 0) is 4.74 Å². The molecule has 0 aromatic rings. The number of carbonyl (C=O) groups is 2. The molecule has 0 heterocycles. The first-order chi connectivity index (χ1) is 9.90. The van der Waals surface area contributed by atoms with Crippen molar-refractivity contribution in [3.63, 3.8) is 0 Å². The maximum atomic E-state index is 11.4. The van der Waals surface area contributed by atoms with Crippen molar-refractivity contribution >= 4 is 32.6 Å². The van der Waals surface area contributed by atoms with Gasteiger partial charge in [-0.1, -0.05) is 18.7 Å². The quantitative estimate of drug-likeness (QED) is 0.188. The van der Waals surface area contributed by atoms with E-state index in [0.29, 0.717) is 24.4 Å². The molecule has 118 valence electrons. The fourth-order valence-corrected chi connectivity index (χ4v) is 1.32. The van der Waals surface area contributed by atoms with Crippen LogP contribution in [-0.4, -0.2) is 46.9 Å². The molecule has 2 amide bonds. The van der Waals surface area contributed by atoms with Crippen molar-refractivity contribution in [2.24, 2.45) is 0 Å². The second-order valence-corrected chi connectivity index (χ2v) is 4.95. The molecule has 0 aliphatic heterocycles. The van der Waals surface area contributed by atoms with E-state index in [0.717, 1.165) is 0 Å². The van der Waals surface area contributed by atoms with Crippen molar-refractivity contribution in [2.45, 2.75) is 6.92 Å². The van der Waals surface area contributed by atoms with Crippen LogP contribution in [0.3, 0.4) is 0 Å². The van der Waals surface area contributed by atoms with E-state index in [4.69, 9.17) is 9.94 Å². The Morgan fingerprint density at radius 3 is 2.62 bits per heavy atom. The maximum absolute atomic E-state index is 11.4. The SMILES string of the molecule is C=C(/C=C\C(=C/C)NO)COC(=O)NCCN(C)C(=O)I. The molecular formula is C13H20IN3O4. The van der Waals surface area contributed by atoms with E-state index < -0.39 is 6.09 Å². The van der Waals surface area contributed by atoms with Crippen molar-refractivity contribution in [3.8, 4) is 0 Å². The van der Waals surface area contributed by atoms with Gasteiger partial charge in [-0.3, -0.25) is 15.5 Å². The van der Waals surface area contributed by atoms with E-state index in [1.165, 1.54) is 4.90 Å². The molecule has 0 rings (SSSR count). The zero-order chi connectivity index (χ0) is 16.3. The first-order valence-corrected chi connectivity index (χ1v) is 7.22. The van der Waals surface area contributed by atoms with Gasteiger partial charge in [0.25, 0.3) is 3.91 Å². The molecule has 0 spiro atoms. The summed E-state index contributed by atoms with van der Waals surface area (Å²) >= 11 is 1.67. The van der Waals surface area contributed by atoms with Crippen LogP contribution in [0.25, 0.3) is 0 Å². The molecule has 0 saturated carbocycles. The summed E-state index contributed by atoms with van der Waals surface area (Å²) in [6, 6.07) is 0. The summed E-state index contributed by atoms with van der Waals surface area (Å²) in [7, 11) is 1.64. The van der Waals surface area contributed by atoms with E-state index in [1.54, 1.807) is 54.8 Å². The Kier molecular flexibility index (Phi) is 10.3.